The molecule has 1 heterocycles. The Morgan fingerprint density at radius 3 is 2.47 bits per heavy atom. The quantitative estimate of drug-likeness (QED) is 0.927. The van der Waals surface area contributed by atoms with Crippen LogP contribution in [0.3, 0.4) is 0 Å². The minimum atomic E-state index is -3.98. The number of halogens is 3. The minimum absolute atomic E-state index is 0.144. The van der Waals surface area contributed by atoms with Crippen LogP contribution in [-0.2, 0) is 10.0 Å². The minimum Gasteiger partial charge on any atom is -0.278 e. The van der Waals surface area contributed by atoms with Gasteiger partial charge in [-0.1, -0.05) is 0 Å². The molecular formula is C11H7BrF2N2O2S. The zero-order valence-corrected chi connectivity index (χ0v) is 11.7. The molecule has 0 aliphatic heterocycles. The number of anilines is 1. The van der Waals surface area contributed by atoms with Crippen LogP contribution in [0.25, 0.3) is 0 Å². The van der Waals surface area contributed by atoms with Crippen LogP contribution < -0.4 is 4.72 Å². The number of hydrogen-bond donors (Lipinski definition) is 1. The fraction of sp³-hybridized carbons (Fsp3) is 0. The summed E-state index contributed by atoms with van der Waals surface area (Å²) in [6, 6.07) is 4.31. The van der Waals surface area contributed by atoms with E-state index in [1.807, 2.05) is 0 Å². The standard InChI is InChI=1S/C11H7BrF2N2O2S/c12-10-4-7(13)1-2-11(10)16-19(17,18)9-3-8(14)5-15-6-9/h1-6,16H. The summed E-state index contributed by atoms with van der Waals surface area (Å²) in [6.45, 7) is 0. The van der Waals surface area contributed by atoms with Gasteiger partial charge in [0.15, 0.2) is 0 Å². The largest absolute Gasteiger partial charge is 0.278 e. The number of nitrogens with zero attached hydrogens (tertiary/aromatic N) is 1. The summed E-state index contributed by atoms with van der Waals surface area (Å²) in [6.07, 6.45) is 1.91. The molecule has 0 aliphatic carbocycles. The normalized spacial score (nSPS) is 11.3. The number of pyridine rings is 1. The Hall–Kier alpha value is -1.54. The Kier molecular flexibility index (Phi) is 3.81. The highest BCUT2D eigenvalue weighted by Gasteiger charge is 2.17. The molecule has 4 nitrogen and oxygen atoms in total. The molecule has 2 rings (SSSR count). The van der Waals surface area contributed by atoms with Crippen LogP contribution in [0.2, 0.25) is 0 Å². The van der Waals surface area contributed by atoms with Crippen LogP contribution in [0.4, 0.5) is 14.5 Å². The molecule has 0 radical (unpaired) electrons. The van der Waals surface area contributed by atoms with Gasteiger partial charge in [-0.05, 0) is 40.2 Å². The molecule has 0 aliphatic rings. The average Bonchev–Trinajstić information content (AvgIpc) is 2.33. The molecule has 19 heavy (non-hydrogen) atoms. The van der Waals surface area contributed by atoms with E-state index >= 15 is 0 Å². The summed E-state index contributed by atoms with van der Waals surface area (Å²) in [5.74, 6) is -1.27. The van der Waals surface area contributed by atoms with Gasteiger partial charge >= 0.3 is 0 Å². The van der Waals surface area contributed by atoms with Crippen molar-refractivity contribution in [2.75, 3.05) is 4.72 Å². The molecule has 0 unspecified atom stereocenters. The van der Waals surface area contributed by atoms with E-state index in [1.54, 1.807) is 0 Å². The van der Waals surface area contributed by atoms with Gasteiger partial charge in [0.1, 0.15) is 16.5 Å². The molecule has 8 heteroatoms. The lowest BCUT2D eigenvalue weighted by Crippen LogP contribution is -2.14. The SMILES string of the molecule is O=S(=O)(Nc1ccc(F)cc1Br)c1cncc(F)c1. The first kappa shape index (κ1) is 13.9. The number of nitrogens with one attached hydrogen (secondary N) is 1. The van der Waals surface area contributed by atoms with Crippen molar-refractivity contribution < 1.29 is 17.2 Å². The van der Waals surface area contributed by atoms with Gasteiger partial charge in [0.2, 0.25) is 0 Å². The second-order valence-electron chi connectivity index (χ2n) is 3.57. The number of aromatic nitrogens is 1. The summed E-state index contributed by atoms with van der Waals surface area (Å²) in [4.78, 5) is 3.15. The Bertz CT molecular complexity index is 722. The maximum Gasteiger partial charge on any atom is 0.263 e. The Morgan fingerprint density at radius 2 is 1.84 bits per heavy atom. The number of rotatable bonds is 3. The van der Waals surface area contributed by atoms with Gasteiger partial charge in [0.05, 0.1) is 11.9 Å². The summed E-state index contributed by atoms with van der Waals surface area (Å²) < 4.78 is 52.2. The van der Waals surface area contributed by atoms with E-state index in [-0.39, 0.29) is 15.1 Å². The van der Waals surface area contributed by atoms with E-state index in [4.69, 9.17) is 0 Å². The molecule has 2 aromatic rings. The second-order valence-corrected chi connectivity index (χ2v) is 6.11. The van der Waals surface area contributed by atoms with Crippen molar-refractivity contribution in [3.8, 4) is 0 Å². The molecule has 0 amide bonds. The van der Waals surface area contributed by atoms with Crippen molar-refractivity contribution in [1.29, 1.82) is 0 Å². The molecule has 100 valence electrons. The fourth-order valence-corrected chi connectivity index (χ4v) is 2.95. The van der Waals surface area contributed by atoms with Gasteiger partial charge < -0.3 is 0 Å². The number of hydrogen-bond acceptors (Lipinski definition) is 3. The lowest BCUT2D eigenvalue weighted by molar-refractivity contribution is 0.592. The number of benzene rings is 1. The maximum atomic E-state index is 13.0. The summed E-state index contributed by atoms with van der Waals surface area (Å²) in [5.41, 5.74) is 0.144. The van der Waals surface area contributed by atoms with Gasteiger partial charge in [-0.15, -0.1) is 0 Å². The highest BCUT2D eigenvalue weighted by Crippen LogP contribution is 2.25. The molecule has 0 spiro atoms. The molecule has 0 atom stereocenters. The van der Waals surface area contributed by atoms with Crippen molar-refractivity contribution in [2.45, 2.75) is 4.90 Å². The van der Waals surface area contributed by atoms with Crippen LogP contribution in [0.1, 0.15) is 0 Å². The van der Waals surface area contributed by atoms with E-state index in [2.05, 4.69) is 25.6 Å². The van der Waals surface area contributed by atoms with E-state index in [0.29, 0.717) is 0 Å². The first-order valence-electron chi connectivity index (χ1n) is 4.97. The van der Waals surface area contributed by atoms with Crippen LogP contribution in [-0.4, -0.2) is 13.4 Å². The van der Waals surface area contributed by atoms with Gasteiger partial charge in [-0.3, -0.25) is 9.71 Å². The second kappa shape index (κ2) is 5.22. The van der Waals surface area contributed by atoms with Crippen LogP contribution in [0, 0.1) is 11.6 Å². The van der Waals surface area contributed by atoms with Crippen LogP contribution in [0.5, 0.6) is 0 Å². The van der Waals surface area contributed by atoms with Crippen molar-refractivity contribution in [3.63, 3.8) is 0 Å². The molecule has 0 fully saturated rings. The predicted molar refractivity (Wildman–Crippen MR) is 69.1 cm³/mol. The van der Waals surface area contributed by atoms with Crippen molar-refractivity contribution >= 4 is 31.6 Å². The maximum absolute atomic E-state index is 13.0. The summed E-state index contributed by atoms with van der Waals surface area (Å²) in [7, 11) is -3.98. The van der Waals surface area contributed by atoms with E-state index in [1.165, 1.54) is 6.07 Å². The van der Waals surface area contributed by atoms with Crippen molar-refractivity contribution in [1.82, 2.24) is 4.98 Å². The monoisotopic (exact) mass is 348 g/mol. The van der Waals surface area contributed by atoms with Gasteiger partial charge in [0, 0.05) is 10.7 Å². The molecule has 0 bridgehead atoms. The highest BCUT2D eigenvalue weighted by atomic mass is 79.9. The molecule has 1 aromatic heterocycles. The molecule has 1 aromatic carbocycles. The highest BCUT2D eigenvalue weighted by molar-refractivity contribution is 9.10. The van der Waals surface area contributed by atoms with Gasteiger partial charge in [0.25, 0.3) is 10.0 Å². The lowest BCUT2D eigenvalue weighted by atomic mass is 10.3. The van der Waals surface area contributed by atoms with Crippen LogP contribution >= 0.6 is 15.9 Å². The van der Waals surface area contributed by atoms with Gasteiger partial charge in [-0.25, -0.2) is 17.2 Å². The number of sulfonamides is 1. The molecule has 0 saturated heterocycles. The first-order chi connectivity index (χ1) is 8.88. The third kappa shape index (κ3) is 3.27. The topological polar surface area (TPSA) is 59.1 Å². The first-order valence-corrected chi connectivity index (χ1v) is 7.24. The zero-order valence-electron chi connectivity index (χ0n) is 9.27. The Labute approximate surface area is 116 Å². The Morgan fingerprint density at radius 1 is 1.11 bits per heavy atom. The fourth-order valence-electron chi connectivity index (χ4n) is 1.32. The van der Waals surface area contributed by atoms with E-state index in [9.17, 15) is 17.2 Å². The predicted octanol–water partition coefficient (Wildman–Crippen LogP) is 2.92. The van der Waals surface area contributed by atoms with E-state index in [0.717, 1.165) is 30.6 Å². The summed E-state index contributed by atoms with van der Waals surface area (Å²) >= 11 is 3.03. The Balaban J connectivity index is 2.36. The third-order valence-electron chi connectivity index (χ3n) is 2.17. The average molecular weight is 349 g/mol. The third-order valence-corrected chi connectivity index (χ3v) is 4.15. The molecule has 1 N–H and O–H groups in total. The molecular weight excluding hydrogens is 342 g/mol. The van der Waals surface area contributed by atoms with Gasteiger partial charge in [-0.2, -0.15) is 0 Å². The zero-order chi connectivity index (χ0) is 14.0. The lowest BCUT2D eigenvalue weighted by Gasteiger charge is -2.09. The molecule has 0 saturated carbocycles. The smallest absolute Gasteiger partial charge is 0.263 e. The van der Waals surface area contributed by atoms with Crippen molar-refractivity contribution in [3.05, 3.63) is 52.8 Å². The van der Waals surface area contributed by atoms with E-state index < -0.39 is 21.7 Å². The van der Waals surface area contributed by atoms with Crippen molar-refractivity contribution in [2.24, 2.45) is 0 Å². The summed E-state index contributed by atoms with van der Waals surface area (Å²) in [5, 5.41) is 0. The van der Waals surface area contributed by atoms with Crippen LogP contribution in [0.15, 0.2) is 46.0 Å².